The molecule has 0 spiro atoms. The van der Waals surface area contributed by atoms with Crippen LogP contribution in [0.1, 0.15) is 22.3 Å². The van der Waals surface area contributed by atoms with Crippen LogP contribution >= 0.6 is 0 Å². The van der Waals surface area contributed by atoms with Crippen molar-refractivity contribution in [1.82, 2.24) is 5.32 Å². The van der Waals surface area contributed by atoms with Crippen molar-refractivity contribution < 1.29 is 4.79 Å². The Hall–Kier alpha value is -2.42. The summed E-state index contributed by atoms with van der Waals surface area (Å²) in [5.41, 5.74) is 3.61. The zero-order valence-electron chi connectivity index (χ0n) is 10.7. The molecule has 0 amide bonds. The highest BCUT2D eigenvalue weighted by atomic mass is 16.1. The van der Waals surface area contributed by atoms with Crippen molar-refractivity contribution >= 4 is 13.0 Å². The molecule has 1 aliphatic carbocycles. The standard InChI is InChI=1S/C16H16N2O/c1-17-15-5-3-2-4-6-16(15)18-11-13-7-9-14(12-19)10-8-13/h3-10,12,18H,1-2,11H2. The Morgan fingerprint density at radius 1 is 1.21 bits per heavy atom. The lowest BCUT2D eigenvalue weighted by molar-refractivity contribution is 0.112. The van der Waals surface area contributed by atoms with E-state index in [0.29, 0.717) is 12.1 Å². The number of aldehydes is 1. The summed E-state index contributed by atoms with van der Waals surface area (Å²) < 4.78 is 0. The van der Waals surface area contributed by atoms with Gasteiger partial charge in [-0.05, 0) is 30.9 Å². The van der Waals surface area contributed by atoms with E-state index in [9.17, 15) is 4.79 Å². The van der Waals surface area contributed by atoms with Crippen molar-refractivity contribution in [3.63, 3.8) is 0 Å². The summed E-state index contributed by atoms with van der Waals surface area (Å²) in [5, 5.41) is 3.34. The minimum Gasteiger partial charge on any atom is -0.379 e. The van der Waals surface area contributed by atoms with Crippen LogP contribution < -0.4 is 5.32 Å². The lowest BCUT2D eigenvalue weighted by Crippen LogP contribution is -2.12. The number of hydrogen-bond donors (Lipinski definition) is 1. The molecule has 0 saturated heterocycles. The van der Waals surface area contributed by atoms with Crippen molar-refractivity contribution in [2.24, 2.45) is 4.99 Å². The fourth-order valence-electron chi connectivity index (χ4n) is 1.82. The van der Waals surface area contributed by atoms with E-state index in [1.54, 1.807) is 0 Å². The van der Waals surface area contributed by atoms with Crippen LogP contribution in [0, 0.1) is 0 Å². The molecular formula is C16H16N2O. The van der Waals surface area contributed by atoms with Gasteiger partial charge in [-0.1, -0.05) is 36.4 Å². The smallest absolute Gasteiger partial charge is 0.150 e. The van der Waals surface area contributed by atoms with E-state index in [1.807, 2.05) is 42.5 Å². The molecule has 3 nitrogen and oxygen atoms in total. The molecule has 0 atom stereocenters. The Kier molecular flexibility index (Phi) is 4.45. The lowest BCUT2D eigenvalue weighted by atomic mass is 10.1. The van der Waals surface area contributed by atoms with Gasteiger partial charge in [0.15, 0.2) is 0 Å². The zero-order chi connectivity index (χ0) is 13.5. The summed E-state index contributed by atoms with van der Waals surface area (Å²) in [6, 6.07) is 7.50. The van der Waals surface area contributed by atoms with Crippen molar-refractivity contribution in [1.29, 1.82) is 0 Å². The van der Waals surface area contributed by atoms with E-state index < -0.39 is 0 Å². The van der Waals surface area contributed by atoms with Gasteiger partial charge in [-0.2, -0.15) is 0 Å². The monoisotopic (exact) mass is 252 g/mol. The molecule has 0 unspecified atom stereocenters. The molecule has 0 heterocycles. The maximum atomic E-state index is 10.6. The van der Waals surface area contributed by atoms with E-state index in [0.717, 1.165) is 29.7 Å². The van der Waals surface area contributed by atoms with Gasteiger partial charge >= 0.3 is 0 Å². The van der Waals surface area contributed by atoms with Gasteiger partial charge in [0.25, 0.3) is 0 Å². The van der Waals surface area contributed by atoms with Crippen molar-refractivity contribution in [3.05, 3.63) is 71.1 Å². The van der Waals surface area contributed by atoms with E-state index in [4.69, 9.17) is 0 Å². The summed E-state index contributed by atoms with van der Waals surface area (Å²) in [6.45, 7) is 4.27. The number of nitrogens with one attached hydrogen (secondary N) is 1. The number of rotatable bonds is 5. The Balaban J connectivity index is 2.07. The molecule has 96 valence electrons. The van der Waals surface area contributed by atoms with Crippen LogP contribution in [0.25, 0.3) is 0 Å². The van der Waals surface area contributed by atoms with Gasteiger partial charge in [-0.15, -0.1) is 0 Å². The van der Waals surface area contributed by atoms with Gasteiger partial charge in [0.05, 0.1) is 11.4 Å². The van der Waals surface area contributed by atoms with Crippen molar-refractivity contribution in [2.45, 2.75) is 13.0 Å². The summed E-state index contributed by atoms with van der Waals surface area (Å²) in [4.78, 5) is 14.6. The Labute approximate surface area is 113 Å². The van der Waals surface area contributed by atoms with Crippen LogP contribution in [0.5, 0.6) is 0 Å². The predicted molar refractivity (Wildman–Crippen MR) is 78.1 cm³/mol. The normalized spacial score (nSPS) is 14.1. The topological polar surface area (TPSA) is 41.5 Å². The van der Waals surface area contributed by atoms with Gasteiger partial charge in [-0.25, -0.2) is 0 Å². The second-order valence-corrected chi connectivity index (χ2v) is 4.21. The minimum absolute atomic E-state index is 0.686. The van der Waals surface area contributed by atoms with Crippen LogP contribution in [0.15, 0.2) is 65.0 Å². The maximum absolute atomic E-state index is 10.6. The molecular weight excluding hydrogens is 236 g/mol. The van der Waals surface area contributed by atoms with E-state index >= 15 is 0 Å². The molecule has 3 heteroatoms. The summed E-state index contributed by atoms with van der Waals surface area (Å²) in [5.74, 6) is 0. The fraction of sp³-hybridized carbons (Fsp3) is 0.125. The first kappa shape index (κ1) is 13.0. The van der Waals surface area contributed by atoms with Crippen molar-refractivity contribution in [3.8, 4) is 0 Å². The Bertz CT molecular complexity index is 551. The van der Waals surface area contributed by atoms with Crippen LogP contribution in [0.3, 0.4) is 0 Å². The van der Waals surface area contributed by atoms with E-state index in [-0.39, 0.29) is 0 Å². The number of allylic oxidation sites excluding steroid dienone is 4. The van der Waals surface area contributed by atoms with E-state index in [1.165, 1.54) is 0 Å². The molecule has 1 aromatic carbocycles. The maximum Gasteiger partial charge on any atom is 0.150 e. The average molecular weight is 252 g/mol. The van der Waals surface area contributed by atoms with Crippen LogP contribution in [0.2, 0.25) is 0 Å². The number of hydrogen-bond acceptors (Lipinski definition) is 3. The Morgan fingerprint density at radius 2 is 1.95 bits per heavy atom. The predicted octanol–water partition coefficient (Wildman–Crippen LogP) is 3.02. The number of carbonyl (C=O) groups excluding carboxylic acids is 1. The molecule has 0 aliphatic heterocycles. The molecule has 0 aromatic heterocycles. The number of nitrogens with zero attached hydrogens (tertiary/aromatic N) is 1. The zero-order valence-corrected chi connectivity index (χ0v) is 10.7. The molecule has 19 heavy (non-hydrogen) atoms. The third-order valence-electron chi connectivity index (χ3n) is 2.88. The first-order chi connectivity index (χ1) is 9.33. The first-order valence-electron chi connectivity index (χ1n) is 6.15. The minimum atomic E-state index is 0.686. The summed E-state index contributed by atoms with van der Waals surface area (Å²) >= 11 is 0. The molecule has 0 radical (unpaired) electrons. The van der Waals surface area contributed by atoms with Gasteiger partial charge in [-0.3, -0.25) is 9.79 Å². The number of carbonyl (C=O) groups is 1. The van der Waals surface area contributed by atoms with Crippen LogP contribution in [-0.4, -0.2) is 13.0 Å². The highest BCUT2D eigenvalue weighted by molar-refractivity contribution is 5.74. The van der Waals surface area contributed by atoms with Crippen molar-refractivity contribution in [2.75, 3.05) is 0 Å². The summed E-state index contributed by atoms with van der Waals surface area (Å²) in [6.07, 6.45) is 9.85. The first-order valence-corrected chi connectivity index (χ1v) is 6.15. The third kappa shape index (κ3) is 3.52. The number of aliphatic imine (C=N–C) groups is 1. The molecule has 0 saturated carbocycles. The van der Waals surface area contributed by atoms with E-state index in [2.05, 4.69) is 23.1 Å². The van der Waals surface area contributed by atoms with Gasteiger partial charge in [0.2, 0.25) is 0 Å². The second-order valence-electron chi connectivity index (χ2n) is 4.21. The lowest BCUT2D eigenvalue weighted by Gasteiger charge is -2.09. The highest BCUT2D eigenvalue weighted by Crippen LogP contribution is 2.12. The summed E-state index contributed by atoms with van der Waals surface area (Å²) in [7, 11) is 0. The molecule has 1 aromatic rings. The van der Waals surface area contributed by atoms with Gasteiger partial charge in [0.1, 0.15) is 6.29 Å². The highest BCUT2D eigenvalue weighted by Gasteiger charge is 2.02. The molecule has 2 rings (SSSR count). The molecule has 0 fully saturated rings. The second kappa shape index (κ2) is 6.50. The quantitative estimate of drug-likeness (QED) is 0.646. The SMILES string of the molecule is C=NC1=C(NCc2ccc(C=O)cc2)C=CCC=C1. The molecule has 1 aliphatic rings. The largest absolute Gasteiger partial charge is 0.379 e. The Morgan fingerprint density at radius 3 is 2.63 bits per heavy atom. The van der Waals surface area contributed by atoms with Crippen LogP contribution in [0.4, 0.5) is 0 Å². The third-order valence-corrected chi connectivity index (χ3v) is 2.88. The molecule has 0 bridgehead atoms. The van der Waals surface area contributed by atoms with Gasteiger partial charge in [0, 0.05) is 12.1 Å². The fourth-order valence-corrected chi connectivity index (χ4v) is 1.82. The van der Waals surface area contributed by atoms with Gasteiger partial charge < -0.3 is 5.32 Å². The number of benzene rings is 1. The molecule has 1 N–H and O–H groups in total. The average Bonchev–Trinajstić information content (AvgIpc) is 2.70. The van der Waals surface area contributed by atoms with Crippen LogP contribution in [-0.2, 0) is 6.54 Å².